The Kier molecular flexibility index (Phi) is 3.12. The van der Waals surface area contributed by atoms with Gasteiger partial charge in [0.1, 0.15) is 0 Å². The number of aryl methyl sites for hydroxylation is 1. The van der Waals surface area contributed by atoms with Crippen LogP contribution < -0.4 is 5.32 Å². The van der Waals surface area contributed by atoms with E-state index in [9.17, 15) is 4.79 Å². The van der Waals surface area contributed by atoms with Crippen LogP contribution in [0.5, 0.6) is 0 Å². The summed E-state index contributed by atoms with van der Waals surface area (Å²) in [5, 5.41) is 4.21. The van der Waals surface area contributed by atoms with Crippen LogP contribution in [0.4, 0.5) is 0 Å². The monoisotopic (exact) mass is 306 g/mol. The molecule has 94 valence electrons. The van der Waals surface area contributed by atoms with Gasteiger partial charge < -0.3 is 9.88 Å². The molecule has 0 atom stereocenters. The van der Waals surface area contributed by atoms with Crippen molar-refractivity contribution in [1.82, 2.24) is 9.88 Å². The van der Waals surface area contributed by atoms with E-state index in [1.54, 1.807) is 0 Å². The number of benzene rings is 1. The molecule has 1 amide bonds. The Morgan fingerprint density at radius 1 is 1.39 bits per heavy atom. The van der Waals surface area contributed by atoms with E-state index in [-0.39, 0.29) is 5.91 Å². The number of fused-ring (bicyclic) bond motifs is 1. The van der Waals surface area contributed by atoms with Crippen LogP contribution in [0.15, 0.2) is 34.9 Å². The first-order valence-corrected chi connectivity index (χ1v) is 7.06. The number of rotatable bonds is 4. The molecule has 3 nitrogen and oxygen atoms in total. The van der Waals surface area contributed by atoms with E-state index >= 15 is 0 Å². The molecular formula is C14H15BrN2O. The van der Waals surface area contributed by atoms with Crippen molar-refractivity contribution < 1.29 is 4.79 Å². The molecule has 0 radical (unpaired) electrons. The lowest BCUT2D eigenvalue weighted by Crippen LogP contribution is -2.26. The smallest absolute Gasteiger partial charge is 0.222 e. The van der Waals surface area contributed by atoms with E-state index < -0.39 is 0 Å². The van der Waals surface area contributed by atoms with Crippen molar-refractivity contribution in [2.24, 2.45) is 0 Å². The summed E-state index contributed by atoms with van der Waals surface area (Å²) >= 11 is 3.54. The van der Waals surface area contributed by atoms with Crippen LogP contribution in [0.1, 0.15) is 19.3 Å². The zero-order valence-electron chi connectivity index (χ0n) is 10.0. The zero-order chi connectivity index (χ0) is 12.5. The molecule has 1 saturated carbocycles. The van der Waals surface area contributed by atoms with Gasteiger partial charge in [0.2, 0.25) is 5.91 Å². The highest BCUT2D eigenvalue weighted by atomic mass is 79.9. The summed E-state index contributed by atoms with van der Waals surface area (Å²) in [6.45, 7) is 0.735. The van der Waals surface area contributed by atoms with Crippen molar-refractivity contribution in [3.8, 4) is 0 Å². The lowest BCUT2D eigenvalue weighted by atomic mass is 10.2. The number of hydrogen-bond acceptors (Lipinski definition) is 1. The standard InChI is InChI=1S/C14H15BrN2O/c15-12-2-1-3-13-11(12)6-8-17(13)9-7-14(18)16-10-4-5-10/h1-3,6,8,10H,4-5,7,9H2,(H,16,18). The first kappa shape index (κ1) is 11.8. The molecule has 3 rings (SSSR count). The predicted octanol–water partition coefficient (Wildman–Crippen LogP) is 3.07. The fourth-order valence-electron chi connectivity index (χ4n) is 2.13. The van der Waals surface area contributed by atoms with Crippen molar-refractivity contribution in [3.05, 3.63) is 34.9 Å². The molecule has 1 heterocycles. The molecule has 2 aromatic rings. The molecular weight excluding hydrogens is 292 g/mol. The van der Waals surface area contributed by atoms with E-state index in [1.807, 2.05) is 18.3 Å². The Labute approximate surface area is 114 Å². The fourth-order valence-corrected chi connectivity index (χ4v) is 2.62. The van der Waals surface area contributed by atoms with Crippen molar-refractivity contribution >= 4 is 32.7 Å². The minimum Gasteiger partial charge on any atom is -0.353 e. The number of hydrogen-bond donors (Lipinski definition) is 1. The Morgan fingerprint density at radius 3 is 3.00 bits per heavy atom. The third kappa shape index (κ3) is 2.43. The van der Waals surface area contributed by atoms with Gasteiger partial charge in [0.15, 0.2) is 0 Å². The molecule has 0 aliphatic heterocycles. The number of halogens is 1. The largest absolute Gasteiger partial charge is 0.353 e. The van der Waals surface area contributed by atoms with E-state index in [0.717, 1.165) is 23.9 Å². The average molecular weight is 307 g/mol. The Balaban J connectivity index is 1.70. The molecule has 1 aliphatic carbocycles. The van der Waals surface area contributed by atoms with Gasteiger partial charge in [0.05, 0.1) is 0 Å². The number of aromatic nitrogens is 1. The maximum Gasteiger partial charge on any atom is 0.222 e. The van der Waals surface area contributed by atoms with Crippen LogP contribution in [0.3, 0.4) is 0 Å². The minimum atomic E-state index is 0.161. The summed E-state index contributed by atoms with van der Waals surface area (Å²) in [6, 6.07) is 8.67. The SMILES string of the molecule is O=C(CCn1ccc2c(Br)cccc21)NC1CC1. The predicted molar refractivity (Wildman–Crippen MR) is 75.4 cm³/mol. The summed E-state index contributed by atoms with van der Waals surface area (Å²) in [5.41, 5.74) is 1.17. The molecule has 0 spiro atoms. The summed E-state index contributed by atoms with van der Waals surface area (Å²) in [7, 11) is 0. The fraction of sp³-hybridized carbons (Fsp3) is 0.357. The van der Waals surface area contributed by atoms with Gasteiger partial charge in [-0.15, -0.1) is 0 Å². The maximum absolute atomic E-state index is 11.7. The number of nitrogens with zero attached hydrogens (tertiary/aromatic N) is 1. The number of carbonyl (C=O) groups excluding carboxylic acids is 1. The van der Waals surface area contributed by atoms with Gasteiger partial charge in [-0.3, -0.25) is 4.79 Å². The van der Waals surface area contributed by atoms with Gasteiger partial charge in [-0.25, -0.2) is 0 Å². The molecule has 1 aliphatic rings. The first-order valence-electron chi connectivity index (χ1n) is 6.27. The molecule has 0 bridgehead atoms. The Morgan fingerprint density at radius 2 is 2.22 bits per heavy atom. The average Bonchev–Trinajstić information content (AvgIpc) is 3.06. The summed E-state index contributed by atoms with van der Waals surface area (Å²) in [4.78, 5) is 11.7. The van der Waals surface area contributed by atoms with Gasteiger partial charge in [-0.2, -0.15) is 0 Å². The lowest BCUT2D eigenvalue weighted by Gasteiger charge is -2.06. The maximum atomic E-state index is 11.7. The van der Waals surface area contributed by atoms with Gasteiger partial charge >= 0.3 is 0 Å². The normalized spacial score (nSPS) is 14.9. The molecule has 18 heavy (non-hydrogen) atoms. The van der Waals surface area contributed by atoms with Crippen LogP contribution in [0.2, 0.25) is 0 Å². The highest BCUT2D eigenvalue weighted by molar-refractivity contribution is 9.10. The zero-order valence-corrected chi connectivity index (χ0v) is 11.6. The van der Waals surface area contributed by atoms with Gasteiger partial charge in [0, 0.05) is 40.6 Å². The Bertz CT molecular complexity index is 586. The van der Waals surface area contributed by atoms with Crippen molar-refractivity contribution in [2.75, 3.05) is 0 Å². The molecule has 1 fully saturated rings. The highest BCUT2D eigenvalue weighted by Gasteiger charge is 2.22. The molecule has 1 aromatic carbocycles. The second kappa shape index (κ2) is 4.76. The molecule has 1 N–H and O–H groups in total. The second-order valence-electron chi connectivity index (χ2n) is 4.77. The van der Waals surface area contributed by atoms with Crippen molar-refractivity contribution in [1.29, 1.82) is 0 Å². The molecule has 1 aromatic heterocycles. The second-order valence-corrected chi connectivity index (χ2v) is 5.63. The van der Waals surface area contributed by atoms with Crippen LogP contribution in [0.25, 0.3) is 10.9 Å². The van der Waals surface area contributed by atoms with Crippen molar-refractivity contribution in [2.45, 2.75) is 31.8 Å². The number of carbonyl (C=O) groups is 1. The Hall–Kier alpha value is -1.29. The topological polar surface area (TPSA) is 34.0 Å². The molecule has 0 saturated heterocycles. The number of amides is 1. The van der Waals surface area contributed by atoms with E-state index in [1.165, 1.54) is 10.9 Å². The van der Waals surface area contributed by atoms with Gasteiger partial charge in [0.25, 0.3) is 0 Å². The molecule has 4 heteroatoms. The quantitative estimate of drug-likeness (QED) is 0.925. The summed E-state index contributed by atoms with van der Waals surface area (Å²) in [5.74, 6) is 0.161. The van der Waals surface area contributed by atoms with E-state index in [0.29, 0.717) is 12.5 Å². The van der Waals surface area contributed by atoms with Crippen LogP contribution in [-0.2, 0) is 11.3 Å². The first-order chi connectivity index (χ1) is 8.74. The van der Waals surface area contributed by atoms with Crippen molar-refractivity contribution in [3.63, 3.8) is 0 Å². The van der Waals surface area contributed by atoms with Gasteiger partial charge in [-0.05, 0) is 31.0 Å². The van der Waals surface area contributed by atoms with E-state index in [4.69, 9.17) is 0 Å². The minimum absolute atomic E-state index is 0.161. The number of nitrogens with one attached hydrogen (secondary N) is 1. The summed E-state index contributed by atoms with van der Waals surface area (Å²) in [6.07, 6.45) is 4.88. The lowest BCUT2D eigenvalue weighted by molar-refractivity contribution is -0.121. The van der Waals surface area contributed by atoms with Crippen LogP contribution in [0, 0.1) is 0 Å². The third-order valence-corrected chi connectivity index (χ3v) is 3.97. The highest BCUT2D eigenvalue weighted by Crippen LogP contribution is 2.25. The summed E-state index contributed by atoms with van der Waals surface area (Å²) < 4.78 is 3.23. The third-order valence-electron chi connectivity index (χ3n) is 3.28. The van der Waals surface area contributed by atoms with Crippen LogP contribution in [-0.4, -0.2) is 16.5 Å². The van der Waals surface area contributed by atoms with E-state index in [2.05, 4.69) is 37.9 Å². The van der Waals surface area contributed by atoms with Gasteiger partial charge in [-0.1, -0.05) is 22.0 Å². The van der Waals surface area contributed by atoms with Crippen LogP contribution >= 0.6 is 15.9 Å². The molecule has 0 unspecified atom stereocenters.